The molecule has 0 saturated carbocycles. The third kappa shape index (κ3) is 1.57. The normalized spacial score (nSPS) is 28.0. The number of hydrogen-bond acceptors (Lipinski definition) is 5. The van der Waals surface area contributed by atoms with Crippen LogP contribution in [0.1, 0.15) is 13.3 Å². The molecule has 0 amide bonds. The van der Waals surface area contributed by atoms with Crippen LogP contribution in [-0.4, -0.2) is 39.0 Å². The van der Waals surface area contributed by atoms with E-state index in [1.54, 1.807) is 0 Å². The molecule has 1 aliphatic rings. The lowest BCUT2D eigenvalue weighted by atomic mass is 9.98. The summed E-state index contributed by atoms with van der Waals surface area (Å²) in [5.41, 5.74) is 6.44. The highest BCUT2D eigenvalue weighted by Gasteiger charge is 2.38. The van der Waals surface area contributed by atoms with Gasteiger partial charge in [0.15, 0.2) is 0 Å². The van der Waals surface area contributed by atoms with Crippen molar-refractivity contribution in [2.75, 3.05) is 18.9 Å². The topological polar surface area (TPSA) is 86.2 Å². The molecule has 3 heterocycles. The summed E-state index contributed by atoms with van der Waals surface area (Å²) in [4.78, 5) is 8.28. The Bertz CT molecular complexity index is 582. The Morgan fingerprint density at radius 3 is 3.17 bits per heavy atom. The van der Waals surface area contributed by atoms with Crippen LogP contribution in [-0.2, 0) is 10.3 Å². The fourth-order valence-corrected chi connectivity index (χ4v) is 2.60. The Morgan fingerprint density at radius 2 is 2.44 bits per heavy atom. The van der Waals surface area contributed by atoms with E-state index in [4.69, 9.17) is 10.5 Å². The molecule has 0 radical (unpaired) electrons. The molecule has 0 spiro atoms. The maximum Gasteiger partial charge on any atom is 0.146 e. The molecule has 2 aromatic rings. The van der Waals surface area contributed by atoms with E-state index in [0.29, 0.717) is 12.4 Å². The molecule has 1 saturated heterocycles. The van der Waals surface area contributed by atoms with Gasteiger partial charge in [0, 0.05) is 12.6 Å². The van der Waals surface area contributed by atoms with Gasteiger partial charge in [-0.3, -0.25) is 0 Å². The SMILES string of the molecule is C[C@@]1(n2ccc3c(N)ncnc32)CO[C@H](CO)C1. The average molecular weight is 248 g/mol. The van der Waals surface area contributed by atoms with Gasteiger partial charge < -0.3 is 20.1 Å². The van der Waals surface area contributed by atoms with Gasteiger partial charge in [-0.1, -0.05) is 0 Å². The smallest absolute Gasteiger partial charge is 0.146 e. The first-order valence-electron chi connectivity index (χ1n) is 5.94. The summed E-state index contributed by atoms with van der Waals surface area (Å²) >= 11 is 0. The van der Waals surface area contributed by atoms with Gasteiger partial charge in [0.25, 0.3) is 0 Å². The molecule has 18 heavy (non-hydrogen) atoms. The number of ether oxygens (including phenoxy) is 1. The molecule has 0 unspecified atom stereocenters. The van der Waals surface area contributed by atoms with Crippen molar-refractivity contribution in [1.29, 1.82) is 0 Å². The highest BCUT2D eigenvalue weighted by atomic mass is 16.5. The maximum atomic E-state index is 9.17. The summed E-state index contributed by atoms with van der Waals surface area (Å²) in [6.07, 6.45) is 4.08. The highest BCUT2D eigenvalue weighted by Crippen LogP contribution is 2.34. The van der Waals surface area contributed by atoms with Crippen molar-refractivity contribution < 1.29 is 9.84 Å². The van der Waals surface area contributed by atoms with Crippen LogP contribution in [0.5, 0.6) is 0 Å². The van der Waals surface area contributed by atoms with Gasteiger partial charge in [-0.2, -0.15) is 0 Å². The van der Waals surface area contributed by atoms with Crippen LogP contribution in [0, 0.1) is 0 Å². The summed E-state index contributed by atoms with van der Waals surface area (Å²) in [5, 5.41) is 10.0. The Balaban J connectivity index is 2.07. The molecule has 96 valence electrons. The number of anilines is 1. The summed E-state index contributed by atoms with van der Waals surface area (Å²) in [5.74, 6) is 0.486. The van der Waals surface area contributed by atoms with Crippen LogP contribution < -0.4 is 5.73 Å². The summed E-state index contributed by atoms with van der Waals surface area (Å²) in [7, 11) is 0. The lowest BCUT2D eigenvalue weighted by Crippen LogP contribution is -2.30. The van der Waals surface area contributed by atoms with Crippen molar-refractivity contribution in [2.24, 2.45) is 0 Å². The van der Waals surface area contributed by atoms with Crippen LogP contribution >= 0.6 is 0 Å². The first-order valence-corrected chi connectivity index (χ1v) is 5.94. The molecule has 3 N–H and O–H groups in total. The second kappa shape index (κ2) is 3.93. The van der Waals surface area contributed by atoms with E-state index >= 15 is 0 Å². The molecule has 0 bridgehead atoms. The number of aromatic nitrogens is 3. The second-order valence-corrected chi connectivity index (χ2v) is 5.00. The lowest BCUT2D eigenvalue weighted by Gasteiger charge is -2.25. The summed E-state index contributed by atoms with van der Waals surface area (Å²) < 4.78 is 7.64. The van der Waals surface area contributed by atoms with E-state index in [1.165, 1.54) is 6.33 Å². The van der Waals surface area contributed by atoms with Crippen LogP contribution in [0.15, 0.2) is 18.6 Å². The monoisotopic (exact) mass is 248 g/mol. The number of aliphatic hydroxyl groups excluding tert-OH is 1. The van der Waals surface area contributed by atoms with E-state index in [-0.39, 0.29) is 18.2 Å². The predicted molar refractivity (Wildman–Crippen MR) is 67.0 cm³/mol. The van der Waals surface area contributed by atoms with Gasteiger partial charge in [0.05, 0.1) is 30.2 Å². The number of aliphatic hydroxyl groups is 1. The largest absolute Gasteiger partial charge is 0.394 e. The zero-order chi connectivity index (χ0) is 12.8. The van der Waals surface area contributed by atoms with Gasteiger partial charge in [-0.25, -0.2) is 9.97 Å². The maximum absolute atomic E-state index is 9.17. The number of nitrogens with zero attached hydrogens (tertiary/aromatic N) is 3. The van der Waals surface area contributed by atoms with Crippen LogP contribution in [0.3, 0.4) is 0 Å². The number of rotatable bonds is 2. The molecule has 1 fully saturated rings. The minimum absolute atomic E-state index is 0.0475. The molecule has 2 aromatic heterocycles. The molecule has 0 aliphatic carbocycles. The zero-order valence-electron chi connectivity index (χ0n) is 10.2. The Labute approximate surface area is 104 Å². The van der Waals surface area contributed by atoms with Crippen molar-refractivity contribution in [3.05, 3.63) is 18.6 Å². The van der Waals surface area contributed by atoms with Crippen molar-refractivity contribution in [2.45, 2.75) is 25.0 Å². The lowest BCUT2D eigenvalue weighted by molar-refractivity contribution is 0.0544. The molecule has 6 heteroatoms. The first kappa shape index (κ1) is 11.4. The first-order chi connectivity index (χ1) is 8.64. The van der Waals surface area contributed by atoms with Gasteiger partial charge in [0.1, 0.15) is 17.8 Å². The Morgan fingerprint density at radius 1 is 1.61 bits per heavy atom. The number of nitrogens with two attached hydrogens (primary N) is 1. The Hall–Kier alpha value is -1.66. The minimum atomic E-state index is -0.198. The van der Waals surface area contributed by atoms with Gasteiger partial charge in [0.2, 0.25) is 0 Å². The summed E-state index contributed by atoms with van der Waals surface area (Å²) in [6, 6.07) is 1.92. The molecule has 2 atom stereocenters. The molecule has 0 aromatic carbocycles. The van der Waals surface area contributed by atoms with Crippen LogP contribution in [0.4, 0.5) is 5.82 Å². The molecule has 3 rings (SSSR count). The standard InChI is InChI=1S/C12H16N4O2/c1-12(4-8(5-17)18-6-12)16-3-2-9-10(13)14-7-15-11(9)16/h2-3,7-8,17H,4-6H2,1H3,(H2,13,14,15)/t8-,12-/m0/s1. The quantitative estimate of drug-likeness (QED) is 0.808. The molecular weight excluding hydrogens is 232 g/mol. The third-order valence-corrected chi connectivity index (χ3v) is 3.59. The van der Waals surface area contributed by atoms with Crippen LogP contribution in [0.2, 0.25) is 0 Å². The highest BCUT2D eigenvalue weighted by molar-refractivity contribution is 5.86. The molecular formula is C12H16N4O2. The fourth-order valence-electron chi connectivity index (χ4n) is 2.60. The van der Waals surface area contributed by atoms with Crippen molar-refractivity contribution in [3.8, 4) is 0 Å². The third-order valence-electron chi connectivity index (χ3n) is 3.59. The van der Waals surface area contributed by atoms with E-state index in [1.807, 2.05) is 12.3 Å². The Kier molecular flexibility index (Phi) is 2.49. The summed E-state index contributed by atoms with van der Waals surface area (Å²) in [6.45, 7) is 2.71. The van der Waals surface area contributed by atoms with E-state index in [0.717, 1.165) is 17.5 Å². The van der Waals surface area contributed by atoms with E-state index in [9.17, 15) is 5.11 Å². The second-order valence-electron chi connectivity index (χ2n) is 5.00. The van der Waals surface area contributed by atoms with E-state index in [2.05, 4.69) is 21.5 Å². The van der Waals surface area contributed by atoms with Crippen molar-refractivity contribution >= 4 is 16.9 Å². The number of fused-ring (bicyclic) bond motifs is 1. The predicted octanol–water partition coefficient (Wildman–Crippen LogP) is 0.510. The molecule has 1 aliphatic heterocycles. The number of nitrogen functional groups attached to an aromatic ring is 1. The minimum Gasteiger partial charge on any atom is -0.394 e. The van der Waals surface area contributed by atoms with Crippen molar-refractivity contribution in [3.63, 3.8) is 0 Å². The zero-order valence-corrected chi connectivity index (χ0v) is 10.2. The fraction of sp³-hybridized carbons (Fsp3) is 0.500. The molecule has 6 nitrogen and oxygen atoms in total. The van der Waals surface area contributed by atoms with Gasteiger partial charge in [-0.05, 0) is 13.0 Å². The van der Waals surface area contributed by atoms with E-state index < -0.39 is 0 Å². The van der Waals surface area contributed by atoms with Crippen LogP contribution in [0.25, 0.3) is 11.0 Å². The van der Waals surface area contributed by atoms with Crippen molar-refractivity contribution in [1.82, 2.24) is 14.5 Å². The number of hydrogen-bond donors (Lipinski definition) is 2. The average Bonchev–Trinajstić information content (AvgIpc) is 2.94. The van der Waals surface area contributed by atoms with Gasteiger partial charge >= 0.3 is 0 Å². The van der Waals surface area contributed by atoms with Gasteiger partial charge in [-0.15, -0.1) is 0 Å².